The molecule has 0 aliphatic carbocycles. The Kier molecular flexibility index (Phi) is 9.09. The van der Waals surface area contributed by atoms with Crippen LogP contribution in [-0.2, 0) is 5.75 Å². The predicted octanol–water partition coefficient (Wildman–Crippen LogP) is 6.84. The molecule has 1 heteroatoms. The quantitative estimate of drug-likeness (QED) is 0.402. The van der Waals surface area contributed by atoms with Crippen LogP contribution in [0.4, 0.5) is 0 Å². The molecule has 0 N–H and O–H groups in total. The Balaban J connectivity index is 2.09. The second-order valence-electron chi connectivity index (χ2n) is 6.41. The molecule has 1 aromatic carbocycles. The van der Waals surface area contributed by atoms with Gasteiger partial charge in [0.2, 0.25) is 0 Å². The van der Waals surface area contributed by atoms with E-state index in [1.807, 2.05) is 0 Å². The van der Waals surface area contributed by atoms with Crippen molar-refractivity contribution in [1.29, 1.82) is 0 Å². The molecule has 0 aliphatic rings. The highest BCUT2D eigenvalue weighted by atomic mass is 32.2. The topological polar surface area (TPSA) is 0 Å². The molecular formula is C19H32S. The normalized spacial score (nSPS) is 11.8. The van der Waals surface area contributed by atoms with Crippen LogP contribution in [0.2, 0.25) is 0 Å². The number of benzene rings is 1. The molecule has 0 nitrogen and oxygen atoms in total. The lowest BCUT2D eigenvalue weighted by molar-refractivity contribution is 0.536. The molecule has 1 rings (SSSR count). The fourth-order valence-electron chi connectivity index (χ4n) is 2.43. The van der Waals surface area contributed by atoms with Crippen LogP contribution in [0.15, 0.2) is 30.3 Å². The van der Waals surface area contributed by atoms with Crippen molar-refractivity contribution >= 4 is 11.8 Å². The SMILES string of the molecule is CCCCCCCCCC(C)(C)SCc1ccccc1. The summed E-state index contributed by atoms with van der Waals surface area (Å²) in [6.07, 6.45) is 11.2. The molecule has 0 heterocycles. The van der Waals surface area contributed by atoms with Gasteiger partial charge in [-0.3, -0.25) is 0 Å². The molecule has 1 aromatic rings. The van der Waals surface area contributed by atoms with E-state index < -0.39 is 0 Å². The summed E-state index contributed by atoms with van der Waals surface area (Å²) < 4.78 is 0.416. The van der Waals surface area contributed by atoms with Gasteiger partial charge in [0.25, 0.3) is 0 Å². The average Bonchev–Trinajstić information content (AvgIpc) is 2.45. The van der Waals surface area contributed by atoms with E-state index >= 15 is 0 Å². The molecule has 0 aromatic heterocycles. The molecule has 0 amide bonds. The van der Waals surface area contributed by atoms with E-state index in [-0.39, 0.29) is 0 Å². The summed E-state index contributed by atoms with van der Waals surface area (Å²) in [4.78, 5) is 0. The van der Waals surface area contributed by atoms with Gasteiger partial charge < -0.3 is 0 Å². The first-order valence-corrected chi connectivity index (χ1v) is 9.30. The van der Waals surface area contributed by atoms with Crippen LogP contribution >= 0.6 is 11.8 Å². The molecule has 0 aliphatic heterocycles. The molecule has 0 spiro atoms. The summed E-state index contributed by atoms with van der Waals surface area (Å²) in [5.41, 5.74) is 1.45. The van der Waals surface area contributed by atoms with E-state index in [2.05, 4.69) is 62.9 Å². The Morgan fingerprint density at radius 2 is 1.45 bits per heavy atom. The van der Waals surface area contributed by atoms with Gasteiger partial charge in [-0.15, -0.1) is 0 Å². The Bertz CT molecular complexity index is 329. The van der Waals surface area contributed by atoms with Crippen LogP contribution in [0.1, 0.15) is 77.7 Å². The summed E-state index contributed by atoms with van der Waals surface area (Å²) in [7, 11) is 0. The Morgan fingerprint density at radius 1 is 0.850 bits per heavy atom. The van der Waals surface area contributed by atoms with Crippen LogP contribution in [0.3, 0.4) is 0 Å². The number of hydrogen-bond donors (Lipinski definition) is 0. The number of rotatable bonds is 11. The summed E-state index contributed by atoms with van der Waals surface area (Å²) in [6.45, 7) is 7.09. The lowest BCUT2D eigenvalue weighted by Gasteiger charge is -2.24. The van der Waals surface area contributed by atoms with Gasteiger partial charge in [0.15, 0.2) is 0 Å². The van der Waals surface area contributed by atoms with E-state index in [4.69, 9.17) is 0 Å². The minimum atomic E-state index is 0.416. The second-order valence-corrected chi connectivity index (χ2v) is 8.09. The van der Waals surface area contributed by atoms with Crippen LogP contribution < -0.4 is 0 Å². The maximum absolute atomic E-state index is 2.40. The van der Waals surface area contributed by atoms with E-state index in [0.29, 0.717) is 4.75 Å². The van der Waals surface area contributed by atoms with Crippen LogP contribution in [0, 0.1) is 0 Å². The summed E-state index contributed by atoms with van der Waals surface area (Å²) in [6, 6.07) is 10.8. The van der Waals surface area contributed by atoms with Crippen molar-refractivity contribution < 1.29 is 0 Å². The molecule has 0 atom stereocenters. The molecule has 0 bridgehead atoms. The zero-order chi connectivity index (χ0) is 14.7. The first-order valence-electron chi connectivity index (χ1n) is 8.32. The fraction of sp³-hybridized carbons (Fsp3) is 0.684. The number of unbranched alkanes of at least 4 members (excludes halogenated alkanes) is 6. The zero-order valence-electron chi connectivity index (χ0n) is 13.7. The predicted molar refractivity (Wildman–Crippen MR) is 94.4 cm³/mol. The van der Waals surface area contributed by atoms with Crippen LogP contribution in [0.25, 0.3) is 0 Å². The van der Waals surface area contributed by atoms with Gasteiger partial charge >= 0.3 is 0 Å². The summed E-state index contributed by atoms with van der Waals surface area (Å²) in [5, 5.41) is 0. The van der Waals surface area contributed by atoms with Crippen molar-refractivity contribution in [3.63, 3.8) is 0 Å². The lowest BCUT2D eigenvalue weighted by atomic mass is 10.0. The van der Waals surface area contributed by atoms with Crippen LogP contribution in [0.5, 0.6) is 0 Å². The fourth-order valence-corrected chi connectivity index (χ4v) is 3.47. The molecule has 0 saturated carbocycles. The van der Waals surface area contributed by atoms with Crippen molar-refractivity contribution in [2.75, 3.05) is 0 Å². The van der Waals surface area contributed by atoms with Crippen molar-refractivity contribution in [3.8, 4) is 0 Å². The van der Waals surface area contributed by atoms with Gasteiger partial charge in [-0.05, 0) is 12.0 Å². The Hall–Kier alpha value is -0.430. The van der Waals surface area contributed by atoms with Crippen LogP contribution in [-0.4, -0.2) is 4.75 Å². The first kappa shape index (κ1) is 17.6. The van der Waals surface area contributed by atoms with Crippen molar-refractivity contribution in [3.05, 3.63) is 35.9 Å². The highest BCUT2D eigenvalue weighted by molar-refractivity contribution is 7.99. The van der Waals surface area contributed by atoms with E-state index in [1.54, 1.807) is 0 Å². The molecule has 114 valence electrons. The smallest absolute Gasteiger partial charge is 0.0189 e. The third-order valence-corrected chi connectivity index (χ3v) is 5.32. The summed E-state index contributed by atoms with van der Waals surface area (Å²) >= 11 is 2.10. The van der Waals surface area contributed by atoms with Crippen molar-refractivity contribution in [1.82, 2.24) is 0 Å². The van der Waals surface area contributed by atoms with Gasteiger partial charge in [-0.25, -0.2) is 0 Å². The zero-order valence-corrected chi connectivity index (χ0v) is 14.5. The van der Waals surface area contributed by atoms with Gasteiger partial charge in [-0.2, -0.15) is 11.8 Å². The summed E-state index contributed by atoms with van der Waals surface area (Å²) in [5.74, 6) is 1.14. The maximum Gasteiger partial charge on any atom is 0.0189 e. The molecule has 0 saturated heterocycles. The minimum Gasteiger partial charge on any atom is -0.151 e. The van der Waals surface area contributed by atoms with E-state index in [9.17, 15) is 0 Å². The molecule has 20 heavy (non-hydrogen) atoms. The van der Waals surface area contributed by atoms with E-state index in [0.717, 1.165) is 5.75 Å². The maximum atomic E-state index is 2.40. The first-order chi connectivity index (χ1) is 9.64. The third kappa shape index (κ3) is 8.68. The molecule has 0 fully saturated rings. The van der Waals surface area contributed by atoms with Crippen molar-refractivity contribution in [2.45, 2.75) is 82.6 Å². The van der Waals surface area contributed by atoms with Gasteiger partial charge in [0.1, 0.15) is 0 Å². The van der Waals surface area contributed by atoms with Gasteiger partial charge in [-0.1, -0.05) is 96.0 Å². The Labute approximate surface area is 130 Å². The van der Waals surface area contributed by atoms with Gasteiger partial charge in [0, 0.05) is 10.5 Å². The largest absolute Gasteiger partial charge is 0.151 e. The number of thioether (sulfide) groups is 1. The lowest BCUT2D eigenvalue weighted by Crippen LogP contribution is -2.14. The number of hydrogen-bond acceptors (Lipinski definition) is 1. The minimum absolute atomic E-state index is 0.416. The Morgan fingerprint density at radius 3 is 2.10 bits per heavy atom. The molecule has 0 unspecified atom stereocenters. The second kappa shape index (κ2) is 10.3. The molecule has 0 radical (unpaired) electrons. The highest BCUT2D eigenvalue weighted by Gasteiger charge is 2.17. The highest BCUT2D eigenvalue weighted by Crippen LogP contribution is 2.32. The standard InChI is InChI=1S/C19H32S/c1-4-5-6-7-8-9-13-16-19(2,3)20-17-18-14-11-10-12-15-18/h10-12,14-15H,4-9,13,16-17H2,1-3H3. The monoisotopic (exact) mass is 292 g/mol. The van der Waals surface area contributed by atoms with E-state index in [1.165, 1.54) is 56.9 Å². The van der Waals surface area contributed by atoms with Crippen molar-refractivity contribution in [2.24, 2.45) is 0 Å². The average molecular weight is 293 g/mol. The van der Waals surface area contributed by atoms with Gasteiger partial charge in [0.05, 0.1) is 0 Å². The molecular weight excluding hydrogens is 260 g/mol. The third-order valence-electron chi connectivity index (χ3n) is 3.85.